The van der Waals surface area contributed by atoms with Crippen LogP contribution in [0.3, 0.4) is 0 Å². The highest BCUT2D eigenvalue weighted by Gasteiger charge is 2.22. The van der Waals surface area contributed by atoms with Crippen LogP contribution in [0, 0.1) is 19.7 Å². The van der Waals surface area contributed by atoms with Gasteiger partial charge in [0.05, 0.1) is 35.2 Å². The van der Waals surface area contributed by atoms with Gasteiger partial charge in [-0.15, -0.1) is 5.10 Å². The number of hydrogen-bond acceptors (Lipinski definition) is 11. The first-order chi connectivity index (χ1) is 19.9. The van der Waals surface area contributed by atoms with Crippen molar-refractivity contribution in [1.29, 1.82) is 0 Å². The van der Waals surface area contributed by atoms with Crippen LogP contribution in [0.2, 0.25) is 0 Å². The van der Waals surface area contributed by atoms with Crippen molar-refractivity contribution < 1.29 is 8.91 Å². The molecule has 0 spiro atoms. The van der Waals surface area contributed by atoms with Gasteiger partial charge in [-0.1, -0.05) is 5.16 Å². The maximum atomic E-state index is 14.8. The van der Waals surface area contributed by atoms with E-state index in [0.29, 0.717) is 53.9 Å². The molecular weight excluding hydrogens is 527 g/mol. The maximum Gasteiger partial charge on any atom is 0.225 e. The van der Waals surface area contributed by atoms with Gasteiger partial charge in [-0.05, 0) is 32.0 Å². The maximum absolute atomic E-state index is 14.8. The molecule has 6 aromatic rings. The van der Waals surface area contributed by atoms with Crippen LogP contribution in [-0.2, 0) is 6.54 Å². The van der Waals surface area contributed by atoms with E-state index < -0.39 is 0 Å². The number of nitrogen functional groups attached to an aromatic ring is 1. The number of benzene rings is 1. The van der Waals surface area contributed by atoms with Gasteiger partial charge in [-0.25, -0.2) is 19.0 Å². The van der Waals surface area contributed by atoms with Crippen molar-refractivity contribution in [2.45, 2.75) is 20.4 Å². The van der Waals surface area contributed by atoms with Gasteiger partial charge in [0.25, 0.3) is 0 Å². The average molecular weight is 555 g/mol. The Hall–Kier alpha value is -4.98. The van der Waals surface area contributed by atoms with Gasteiger partial charge in [0.15, 0.2) is 17.1 Å². The van der Waals surface area contributed by atoms with Crippen LogP contribution in [0.15, 0.2) is 47.4 Å². The summed E-state index contributed by atoms with van der Waals surface area (Å²) >= 11 is 0. The molecule has 208 valence electrons. The number of nitrogens with zero attached hydrogens (tertiary/aromatic N) is 11. The molecule has 1 saturated heterocycles. The smallest absolute Gasteiger partial charge is 0.225 e. The van der Waals surface area contributed by atoms with Gasteiger partial charge >= 0.3 is 0 Å². The standard InChI is InChI=1S/C27H27FN12O/c1-16-13-22(41-36-16)18-3-4-20(28)21(14-18)38-10-7-37(8-11-38)9-12-39-25-19(15-32-39)26-33-24(35-40(26)27(29)34-25)23-17(2)30-5-6-31-23/h3-6,13-15H,7-12H2,1-2H3,(H2,29,34). The van der Waals surface area contributed by atoms with Crippen LogP contribution in [0.25, 0.3) is 39.5 Å². The predicted molar refractivity (Wildman–Crippen MR) is 150 cm³/mol. The SMILES string of the molecule is Cc1cc(-c2ccc(F)c(N3CCN(CCn4ncc5c4nc(N)n4nc(-c6nccnc6C)nc54)CC3)c2)on1. The molecule has 0 radical (unpaired) electrons. The van der Waals surface area contributed by atoms with Crippen molar-refractivity contribution in [1.82, 2.24) is 49.4 Å². The van der Waals surface area contributed by atoms with E-state index in [1.165, 1.54) is 10.6 Å². The topological polar surface area (TPSA) is 145 Å². The molecule has 14 heteroatoms. The summed E-state index contributed by atoms with van der Waals surface area (Å²) in [5, 5.41) is 13.8. The van der Waals surface area contributed by atoms with Gasteiger partial charge < -0.3 is 15.2 Å². The Kier molecular flexibility index (Phi) is 6.03. The summed E-state index contributed by atoms with van der Waals surface area (Å²) in [6, 6.07) is 6.89. The van der Waals surface area contributed by atoms with Crippen molar-refractivity contribution in [2.24, 2.45) is 0 Å². The van der Waals surface area contributed by atoms with Gasteiger partial charge in [-0.3, -0.25) is 9.88 Å². The highest BCUT2D eigenvalue weighted by Crippen LogP contribution is 2.29. The van der Waals surface area contributed by atoms with Gasteiger partial charge in [0.1, 0.15) is 11.5 Å². The van der Waals surface area contributed by atoms with E-state index in [1.54, 1.807) is 24.7 Å². The summed E-state index contributed by atoms with van der Waals surface area (Å²) in [6.07, 6.45) is 4.97. The molecule has 0 saturated carbocycles. The molecule has 0 unspecified atom stereocenters. The largest absolute Gasteiger partial charge is 0.368 e. The molecule has 2 N–H and O–H groups in total. The third kappa shape index (κ3) is 4.51. The first-order valence-electron chi connectivity index (χ1n) is 13.3. The summed E-state index contributed by atoms with van der Waals surface area (Å²) in [6.45, 7) is 8.07. The van der Waals surface area contributed by atoms with Crippen LogP contribution >= 0.6 is 0 Å². The number of anilines is 2. The summed E-state index contributed by atoms with van der Waals surface area (Å²) in [5.74, 6) is 1.03. The summed E-state index contributed by atoms with van der Waals surface area (Å²) in [4.78, 5) is 22.3. The van der Waals surface area contributed by atoms with Crippen LogP contribution in [0.5, 0.6) is 0 Å². The molecule has 1 aliphatic heterocycles. The lowest BCUT2D eigenvalue weighted by Gasteiger charge is -2.36. The third-order valence-corrected chi connectivity index (χ3v) is 7.39. The van der Waals surface area contributed by atoms with E-state index in [9.17, 15) is 4.39 Å². The molecule has 0 bridgehead atoms. The second-order valence-electron chi connectivity index (χ2n) is 10.1. The fourth-order valence-corrected chi connectivity index (χ4v) is 5.20. The third-order valence-electron chi connectivity index (χ3n) is 7.39. The molecular formula is C27H27FN12O. The number of aryl methyl sites for hydroxylation is 2. The van der Waals surface area contributed by atoms with E-state index in [1.807, 2.05) is 30.7 Å². The van der Waals surface area contributed by atoms with E-state index in [4.69, 9.17) is 10.3 Å². The Morgan fingerprint density at radius 1 is 0.976 bits per heavy atom. The first kappa shape index (κ1) is 25.0. The van der Waals surface area contributed by atoms with Gasteiger partial charge in [0, 0.05) is 56.7 Å². The molecule has 1 aromatic carbocycles. The number of rotatable bonds is 6. The van der Waals surface area contributed by atoms with Crippen LogP contribution < -0.4 is 10.6 Å². The molecule has 6 heterocycles. The van der Waals surface area contributed by atoms with E-state index in [0.717, 1.165) is 42.0 Å². The molecule has 1 aliphatic rings. The van der Waals surface area contributed by atoms with Crippen LogP contribution in [0.1, 0.15) is 11.4 Å². The average Bonchev–Trinajstić information content (AvgIpc) is 3.72. The van der Waals surface area contributed by atoms with E-state index in [-0.39, 0.29) is 11.8 Å². The van der Waals surface area contributed by atoms with Gasteiger partial charge in [0.2, 0.25) is 11.8 Å². The Morgan fingerprint density at radius 2 is 1.80 bits per heavy atom. The first-order valence-corrected chi connectivity index (χ1v) is 13.3. The van der Waals surface area contributed by atoms with Crippen molar-refractivity contribution >= 4 is 28.3 Å². The molecule has 41 heavy (non-hydrogen) atoms. The minimum Gasteiger partial charge on any atom is -0.368 e. The molecule has 13 nitrogen and oxygen atoms in total. The minimum absolute atomic E-state index is 0.216. The Bertz CT molecular complexity index is 1880. The summed E-state index contributed by atoms with van der Waals surface area (Å²) < 4.78 is 23.5. The van der Waals surface area contributed by atoms with E-state index in [2.05, 4.69) is 45.1 Å². The lowest BCUT2D eigenvalue weighted by atomic mass is 10.1. The number of piperazine rings is 1. The molecule has 0 amide bonds. The van der Waals surface area contributed by atoms with Crippen molar-refractivity contribution in [3.8, 4) is 22.8 Å². The predicted octanol–water partition coefficient (Wildman–Crippen LogP) is 2.75. The van der Waals surface area contributed by atoms with Crippen molar-refractivity contribution in [3.63, 3.8) is 0 Å². The Morgan fingerprint density at radius 3 is 2.59 bits per heavy atom. The molecule has 0 aliphatic carbocycles. The zero-order valence-corrected chi connectivity index (χ0v) is 22.6. The zero-order chi connectivity index (χ0) is 28.1. The molecule has 7 rings (SSSR count). The number of halogens is 1. The monoisotopic (exact) mass is 554 g/mol. The molecule has 5 aromatic heterocycles. The van der Waals surface area contributed by atoms with Crippen molar-refractivity contribution in [2.75, 3.05) is 43.4 Å². The Balaban J connectivity index is 1.05. The quantitative estimate of drug-likeness (QED) is 0.324. The molecule has 0 atom stereocenters. The second kappa shape index (κ2) is 9.89. The Labute approximate surface area is 233 Å². The fraction of sp³-hybridized carbons (Fsp3) is 0.296. The highest BCUT2D eigenvalue weighted by molar-refractivity contribution is 5.90. The van der Waals surface area contributed by atoms with Crippen LogP contribution in [-0.4, -0.2) is 82.1 Å². The number of fused-ring (bicyclic) bond motifs is 3. The highest BCUT2D eigenvalue weighted by atomic mass is 19.1. The number of hydrogen-bond donors (Lipinski definition) is 1. The zero-order valence-electron chi connectivity index (χ0n) is 22.6. The van der Waals surface area contributed by atoms with E-state index >= 15 is 0 Å². The molecule has 1 fully saturated rings. The number of aromatic nitrogens is 9. The van der Waals surface area contributed by atoms with Gasteiger partial charge in [-0.2, -0.15) is 14.6 Å². The van der Waals surface area contributed by atoms with Crippen molar-refractivity contribution in [3.05, 3.63) is 60.1 Å². The summed E-state index contributed by atoms with van der Waals surface area (Å²) in [5.41, 5.74) is 11.0. The summed E-state index contributed by atoms with van der Waals surface area (Å²) in [7, 11) is 0. The van der Waals surface area contributed by atoms with Crippen LogP contribution in [0.4, 0.5) is 16.0 Å². The minimum atomic E-state index is -0.248. The fourth-order valence-electron chi connectivity index (χ4n) is 5.20. The lowest BCUT2D eigenvalue weighted by molar-refractivity contribution is 0.245. The lowest BCUT2D eigenvalue weighted by Crippen LogP contribution is -2.47. The second-order valence-corrected chi connectivity index (χ2v) is 10.1. The normalized spacial score (nSPS) is 14.5. The number of nitrogens with two attached hydrogens (primary N) is 1.